The fourth-order valence-electron chi connectivity index (χ4n) is 1.88. The molecule has 1 aliphatic carbocycles. The topological polar surface area (TPSA) is 39.4 Å². The zero-order valence-electron chi connectivity index (χ0n) is 11.4. The first-order valence-electron chi connectivity index (χ1n) is 5.67. The molecule has 3 nitrogen and oxygen atoms in total. The molecule has 6 heteroatoms. The summed E-state index contributed by atoms with van der Waals surface area (Å²) in [4.78, 5) is 10.0. The van der Waals surface area contributed by atoms with E-state index in [-0.39, 0.29) is 65.4 Å². The molecule has 1 heterocycles. The summed E-state index contributed by atoms with van der Waals surface area (Å²) in [7, 11) is 3.60. The van der Waals surface area contributed by atoms with Crippen molar-refractivity contribution < 1.29 is 65.4 Å². The summed E-state index contributed by atoms with van der Waals surface area (Å²) in [5, 5.41) is 5.18. The summed E-state index contributed by atoms with van der Waals surface area (Å²) < 4.78 is 1.15. The summed E-state index contributed by atoms with van der Waals surface area (Å²) in [5.74, 6) is 0. The number of nitrogens with zero attached hydrogens (tertiary/aromatic N) is 3. The molecule has 3 rings (SSSR count). The van der Waals surface area contributed by atoms with E-state index in [2.05, 4.69) is 27.4 Å². The van der Waals surface area contributed by atoms with Gasteiger partial charge in [0.1, 0.15) is 0 Å². The van der Waals surface area contributed by atoms with Gasteiger partial charge < -0.3 is 5.32 Å². The van der Waals surface area contributed by atoms with E-state index in [1.807, 2.05) is 24.3 Å². The predicted molar refractivity (Wildman–Crippen MR) is 76.7 cm³/mol. The summed E-state index contributed by atoms with van der Waals surface area (Å²) in [6.07, 6.45) is 0. The van der Waals surface area contributed by atoms with Crippen LogP contribution >= 0.6 is 11.3 Å². The van der Waals surface area contributed by atoms with Gasteiger partial charge in [-0.15, -0.1) is 24.1 Å². The summed E-state index contributed by atoms with van der Waals surface area (Å²) >= 11 is 1.73. The van der Waals surface area contributed by atoms with Crippen LogP contribution in [0.25, 0.3) is 26.1 Å². The van der Waals surface area contributed by atoms with E-state index in [1.165, 1.54) is 0 Å². The second-order valence-electron chi connectivity index (χ2n) is 3.97. The van der Waals surface area contributed by atoms with Gasteiger partial charge in [-0.25, -0.2) is 4.98 Å². The van der Waals surface area contributed by atoms with Gasteiger partial charge in [-0.1, -0.05) is 12.1 Å². The molecule has 2 aliphatic rings. The number of benzene rings is 2. The normalized spacial score (nSPS) is 11.0. The van der Waals surface area contributed by atoms with Crippen molar-refractivity contribution in [2.24, 2.45) is 4.99 Å². The molecular weight excluding hydrogens is 420 g/mol. The third-order valence-corrected chi connectivity index (χ3v) is 3.96. The van der Waals surface area contributed by atoms with Gasteiger partial charge >= 0.3 is 0 Å². The van der Waals surface area contributed by atoms with Crippen molar-refractivity contribution in [2.75, 3.05) is 14.1 Å². The van der Waals surface area contributed by atoms with Crippen molar-refractivity contribution >= 4 is 27.2 Å². The molecule has 1 aromatic carbocycles. The quantitative estimate of drug-likeness (QED) is 0.543. The van der Waals surface area contributed by atoms with Crippen LogP contribution in [0.15, 0.2) is 41.4 Å². The van der Waals surface area contributed by atoms with Crippen molar-refractivity contribution in [3.05, 3.63) is 47.1 Å². The van der Waals surface area contributed by atoms with Gasteiger partial charge in [-0.3, -0.25) is 4.99 Å². The number of fused-ring (bicyclic) bond motifs is 2. The van der Waals surface area contributed by atoms with E-state index in [0.717, 1.165) is 31.8 Å². The van der Waals surface area contributed by atoms with Gasteiger partial charge in [-0.05, 0) is 24.3 Å². The van der Waals surface area contributed by atoms with Crippen LogP contribution < -0.4 is 5.36 Å². The van der Waals surface area contributed by atoms with Crippen molar-refractivity contribution in [1.82, 2.24) is 4.98 Å². The van der Waals surface area contributed by atoms with Crippen molar-refractivity contribution in [2.45, 2.75) is 0 Å². The molecule has 0 amide bonds. The SMILES string of the molecule is CN=c1ccc2nc3ccc([N-]C)cc3sc-2c1.[Y].[Y]. The molecule has 0 unspecified atom stereocenters. The van der Waals surface area contributed by atoms with E-state index < -0.39 is 0 Å². The Morgan fingerprint density at radius 2 is 1.90 bits per heavy atom. The molecule has 1 aliphatic heterocycles. The molecule has 0 aromatic heterocycles. The largest absolute Gasteiger partial charge is 0.687 e. The van der Waals surface area contributed by atoms with Crippen molar-refractivity contribution in [3.63, 3.8) is 0 Å². The fraction of sp³-hybridized carbons (Fsp3) is 0.143. The minimum absolute atomic E-state index is 0. The van der Waals surface area contributed by atoms with E-state index >= 15 is 0 Å². The Labute approximate surface area is 172 Å². The molecule has 0 N–H and O–H groups in total. The van der Waals surface area contributed by atoms with Gasteiger partial charge in [0.2, 0.25) is 0 Å². The molecular formula is C14H12N3SY2-. The molecule has 20 heavy (non-hydrogen) atoms. The van der Waals surface area contributed by atoms with Crippen LogP contribution in [0, 0.1) is 0 Å². The average Bonchev–Trinajstić information content (AvgIpc) is 2.43. The van der Waals surface area contributed by atoms with Crippen LogP contribution in [0.5, 0.6) is 0 Å². The van der Waals surface area contributed by atoms with Crippen molar-refractivity contribution in [3.8, 4) is 10.6 Å². The van der Waals surface area contributed by atoms with Crippen LogP contribution in [0.4, 0.5) is 5.69 Å². The number of hydrogen-bond donors (Lipinski definition) is 0. The standard InChI is InChI=1S/C14H12N3S.2Y/c1-15-9-3-5-11-13(7-9)18-14-8-10(16-2)4-6-12(14)17-11;;/h3-8H,1-2H3;;/q-1;;. The minimum atomic E-state index is 0. The Bertz CT molecular complexity index is 755. The molecule has 0 atom stereocenters. The zero-order valence-corrected chi connectivity index (χ0v) is 17.9. The molecule has 0 saturated heterocycles. The van der Waals surface area contributed by atoms with Crippen molar-refractivity contribution in [1.29, 1.82) is 0 Å². The van der Waals surface area contributed by atoms with Crippen LogP contribution in [-0.2, 0) is 65.4 Å². The van der Waals surface area contributed by atoms with Gasteiger partial charge in [-0.2, -0.15) is 0 Å². The first-order valence-corrected chi connectivity index (χ1v) is 6.49. The second-order valence-corrected chi connectivity index (χ2v) is 5.05. The van der Waals surface area contributed by atoms with Gasteiger partial charge in [0.15, 0.2) is 0 Å². The molecule has 0 bridgehead atoms. The second kappa shape index (κ2) is 8.05. The summed E-state index contributed by atoms with van der Waals surface area (Å²) in [6, 6.07) is 12.2. The van der Waals surface area contributed by atoms with E-state index in [9.17, 15) is 0 Å². The Morgan fingerprint density at radius 3 is 2.60 bits per heavy atom. The number of aromatic nitrogens is 1. The Morgan fingerprint density at radius 1 is 1.10 bits per heavy atom. The van der Waals surface area contributed by atoms with Crippen LogP contribution in [0.2, 0.25) is 0 Å². The molecule has 0 saturated carbocycles. The first kappa shape index (κ1) is 18.3. The zero-order chi connectivity index (χ0) is 12.5. The molecule has 96 valence electrons. The Hall–Kier alpha value is 0.268. The maximum Gasteiger partial charge on any atom is 0.0811 e. The van der Waals surface area contributed by atoms with E-state index in [1.54, 1.807) is 25.4 Å². The predicted octanol–water partition coefficient (Wildman–Crippen LogP) is 3.56. The maximum absolute atomic E-state index is 4.66. The molecule has 1 aromatic rings. The first-order chi connectivity index (χ1) is 8.80. The molecule has 2 radical (unpaired) electrons. The third-order valence-electron chi connectivity index (χ3n) is 2.86. The summed E-state index contributed by atoms with van der Waals surface area (Å²) in [6.45, 7) is 0. The molecule has 0 fully saturated rings. The van der Waals surface area contributed by atoms with Gasteiger partial charge in [0.25, 0.3) is 0 Å². The number of rotatable bonds is 1. The Kier molecular flexibility index (Phi) is 7.37. The van der Waals surface area contributed by atoms with Crippen LogP contribution in [-0.4, -0.2) is 19.1 Å². The monoisotopic (exact) mass is 432 g/mol. The number of hydrogen-bond acceptors (Lipinski definition) is 3. The molecule has 0 spiro atoms. The fourth-order valence-corrected chi connectivity index (χ4v) is 2.91. The summed E-state index contributed by atoms with van der Waals surface area (Å²) in [5.41, 5.74) is 3.01. The Balaban J connectivity index is 0.000001000. The average molecular weight is 432 g/mol. The van der Waals surface area contributed by atoms with Crippen LogP contribution in [0.1, 0.15) is 0 Å². The van der Waals surface area contributed by atoms with Crippen LogP contribution in [0.3, 0.4) is 0 Å². The van der Waals surface area contributed by atoms with E-state index in [0.29, 0.717) is 0 Å². The minimum Gasteiger partial charge on any atom is -0.687 e. The van der Waals surface area contributed by atoms with E-state index in [4.69, 9.17) is 0 Å². The third kappa shape index (κ3) is 3.72. The van der Waals surface area contributed by atoms with Gasteiger partial charge in [0.05, 0.1) is 26.1 Å². The smallest absolute Gasteiger partial charge is 0.0811 e. The maximum atomic E-state index is 4.66. The van der Waals surface area contributed by atoms with Gasteiger partial charge in [0, 0.05) is 72.5 Å².